The first-order valence-electron chi connectivity index (χ1n) is 9.70. The van der Waals surface area contributed by atoms with Crippen LogP contribution < -0.4 is 24.8 Å². The fourth-order valence-electron chi connectivity index (χ4n) is 2.81. The second-order valence-electron chi connectivity index (χ2n) is 6.68. The minimum absolute atomic E-state index is 0.0277. The van der Waals surface area contributed by atoms with Crippen molar-refractivity contribution in [3.05, 3.63) is 82.4 Å². The van der Waals surface area contributed by atoms with Crippen LogP contribution in [0, 0.1) is 10.1 Å². The van der Waals surface area contributed by atoms with Crippen molar-refractivity contribution in [2.75, 3.05) is 31.5 Å². The molecule has 2 N–H and O–H groups in total. The summed E-state index contributed by atoms with van der Waals surface area (Å²) < 4.78 is 15.5. The quantitative estimate of drug-likeness (QED) is 0.373. The van der Waals surface area contributed by atoms with Gasteiger partial charge in [0.1, 0.15) is 22.9 Å². The van der Waals surface area contributed by atoms with Gasteiger partial charge in [-0.1, -0.05) is 0 Å². The number of hydrogen-bond donors (Lipinski definition) is 2. The molecule has 0 unspecified atom stereocenters. The lowest BCUT2D eigenvalue weighted by Gasteiger charge is -2.10. The Hall–Kier alpha value is -4.60. The summed E-state index contributed by atoms with van der Waals surface area (Å²) in [4.78, 5) is 35.1. The van der Waals surface area contributed by atoms with Gasteiger partial charge in [-0.15, -0.1) is 0 Å². The molecule has 0 aliphatic rings. The second-order valence-corrected chi connectivity index (χ2v) is 6.68. The third-order valence-corrected chi connectivity index (χ3v) is 4.51. The van der Waals surface area contributed by atoms with Gasteiger partial charge in [-0.25, -0.2) is 0 Å². The first-order valence-corrected chi connectivity index (χ1v) is 9.70. The average Bonchev–Trinajstić information content (AvgIpc) is 2.83. The summed E-state index contributed by atoms with van der Waals surface area (Å²) in [6.45, 7) is -0.374. The zero-order valence-electron chi connectivity index (χ0n) is 17.9. The van der Waals surface area contributed by atoms with Crippen molar-refractivity contribution in [3.8, 4) is 17.2 Å². The third-order valence-electron chi connectivity index (χ3n) is 4.51. The Balaban J connectivity index is 1.55. The number of nitrogens with zero attached hydrogens (tertiary/aromatic N) is 1. The van der Waals surface area contributed by atoms with Gasteiger partial charge >= 0.3 is 0 Å². The summed E-state index contributed by atoms with van der Waals surface area (Å²) in [5.41, 5.74) is 0.747. The number of anilines is 2. The molecule has 0 aromatic heterocycles. The fraction of sp³-hybridized carbons (Fsp3) is 0.130. The minimum atomic E-state index is -0.616. The van der Waals surface area contributed by atoms with Gasteiger partial charge in [0.25, 0.3) is 17.5 Å². The van der Waals surface area contributed by atoms with Crippen LogP contribution in [0.25, 0.3) is 0 Å². The Morgan fingerprint density at radius 2 is 1.45 bits per heavy atom. The smallest absolute Gasteiger partial charge is 0.296 e. The van der Waals surface area contributed by atoms with Crippen LogP contribution >= 0.6 is 0 Å². The Kier molecular flexibility index (Phi) is 7.43. The zero-order chi connectivity index (χ0) is 23.8. The number of hydrogen-bond acceptors (Lipinski definition) is 7. The molecule has 3 aromatic rings. The van der Waals surface area contributed by atoms with Gasteiger partial charge in [0.05, 0.1) is 25.2 Å². The van der Waals surface area contributed by atoms with Crippen molar-refractivity contribution < 1.29 is 28.7 Å². The largest absolute Gasteiger partial charge is 0.497 e. The average molecular weight is 451 g/mol. The number of carbonyl (C=O) groups excluding carboxylic acids is 2. The molecule has 0 bridgehead atoms. The highest BCUT2D eigenvalue weighted by molar-refractivity contribution is 6.04. The van der Waals surface area contributed by atoms with E-state index in [9.17, 15) is 19.7 Å². The van der Waals surface area contributed by atoms with E-state index in [4.69, 9.17) is 14.2 Å². The summed E-state index contributed by atoms with van der Waals surface area (Å²) >= 11 is 0. The number of nitro groups is 1. The molecule has 2 amide bonds. The summed E-state index contributed by atoms with van der Waals surface area (Å²) in [7, 11) is 2.95. The molecular weight excluding hydrogens is 430 g/mol. The number of methoxy groups -OCH3 is 2. The van der Waals surface area contributed by atoms with E-state index in [0.717, 1.165) is 0 Å². The van der Waals surface area contributed by atoms with Crippen LogP contribution in [0.4, 0.5) is 17.1 Å². The van der Waals surface area contributed by atoms with Crippen molar-refractivity contribution in [2.24, 2.45) is 0 Å². The molecular formula is C23H21N3O7. The Morgan fingerprint density at radius 3 is 2.06 bits per heavy atom. The van der Waals surface area contributed by atoms with Gasteiger partial charge in [-0.05, 0) is 60.7 Å². The SMILES string of the molecule is COc1ccc(NC(=O)c2ccc(OCC(=O)Nc3ccc(OC)cc3[N+](=O)[O-])cc2)cc1. The highest BCUT2D eigenvalue weighted by atomic mass is 16.6. The van der Waals surface area contributed by atoms with E-state index in [0.29, 0.717) is 28.5 Å². The maximum Gasteiger partial charge on any atom is 0.296 e. The zero-order valence-corrected chi connectivity index (χ0v) is 17.9. The molecule has 3 rings (SSSR count). The number of benzene rings is 3. The second kappa shape index (κ2) is 10.6. The first-order chi connectivity index (χ1) is 15.9. The van der Waals surface area contributed by atoms with Gasteiger partial charge in [-0.3, -0.25) is 19.7 Å². The lowest BCUT2D eigenvalue weighted by Crippen LogP contribution is -2.20. The van der Waals surface area contributed by atoms with Gasteiger partial charge in [0.2, 0.25) is 0 Å². The van der Waals surface area contributed by atoms with Crippen molar-refractivity contribution in [1.29, 1.82) is 0 Å². The molecule has 0 saturated carbocycles. The molecule has 0 radical (unpaired) electrons. The molecule has 3 aromatic carbocycles. The van der Waals surface area contributed by atoms with Crippen LogP contribution in [-0.4, -0.2) is 37.6 Å². The standard InChI is InChI=1S/C23H21N3O7/c1-31-17-9-5-16(6-10-17)24-23(28)15-3-7-18(8-4-15)33-14-22(27)25-20-12-11-19(32-2)13-21(20)26(29)30/h3-13H,14H2,1-2H3,(H,24,28)(H,25,27). The summed E-state index contributed by atoms with van der Waals surface area (Å²) in [6.07, 6.45) is 0. The molecule has 0 atom stereocenters. The van der Waals surface area contributed by atoms with Crippen LogP contribution in [0.3, 0.4) is 0 Å². The minimum Gasteiger partial charge on any atom is -0.497 e. The van der Waals surface area contributed by atoms with Gasteiger partial charge < -0.3 is 24.8 Å². The summed E-state index contributed by atoms with van der Waals surface area (Å²) in [6, 6.07) is 17.2. The normalized spacial score (nSPS) is 10.1. The van der Waals surface area contributed by atoms with E-state index in [1.807, 2.05) is 0 Å². The molecule has 33 heavy (non-hydrogen) atoms. The maximum absolute atomic E-state index is 12.4. The number of amides is 2. The van der Waals surface area contributed by atoms with Gasteiger partial charge in [-0.2, -0.15) is 0 Å². The molecule has 0 aliphatic carbocycles. The predicted molar refractivity (Wildman–Crippen MR) is 121 cm³/mol. The summed E-state index contributed by atoms with van der Waals surface area (Å²) in [5.74, 6) is 0.448. The molecule has 0 spiro atoms. The monoisotopic (exact) mass is 451 g/mol. The molecule has 0 fully saturated rings. The molecule has 170 valence electrons. The van der Waals surface area contributed by atoms with Gasteiger partial charge in [0.15, 0.2) is 6.61 Å². The van der Waals surface area contributed by atoms with Crippen LogP contribution in [0.2, 0.25) is 0 Å². The fourth-order valence-corrected chi connectivity index (χ4v) is 2.81. The molecule has 10 heteroatoms. The van der Waals surface area contributed by atoms with E-state index in [-0.39, 0.29) is 23.9 Å². The van der Waals surface area contributed by atoms with Crippen molar-refractivity contribution in [3.63, 3.8) is 0 Å². The number of rotatable bonds is 9. The molecule has 0 heterocycles. The van der Waals surface area contributed by atoms with E-state index in [1.165, 1.54) is 25.3 Å². The summed E-state index contributed by atoms with van der Waals surface area (Å²) in [5, 5.41) is 16.4. The Labute approximate surface area is 189 Å². The first kappa shape index (κ1) is 23.1. The highest BCUT2D eigenvalue weighted by Crippen LogP contribution is 2.29. The lowest BCUT2D eigenvalue weighted by molar-refractivity contribution is -0.384. The lowest BCUT2D eigenvalue weighted by atomic mass is 10.2. The van der Waals surface area contributed by atoms with Crippen molar-refractivity contribution >= 4 is 28.9 Å². The molecule has 0 aliphatic heterocycles. The highest BCUT2D eigenvalue weighted by Gasteiger charge is 2.17. The predicted octanol–water partition coefficient (Wildman–Crippen LogP) is 3.88. The van der Waals surface area contributed by atoms with Crippen molar-refractivity contribution in [2.45, 2.75) is 0 Å². The van der Waals surface area contributed by atoms with Crippen LogP contribution in [0.15, 0.2) is 66.7 Å². The van der Waals surface area contributed by atoms with Crippen LogP contribution in [-0.2, 0) is 4.79 Å². The van der Waals surface area contributed by atoms with Crippen LogP contribution in [0.5, 0.6) is 17.2 Å². The maximum atomic E-state index is 12.4. The van der Waals surface area contributed by atoms with Gasteiger partial charge in [0, 0.05) is 11.3 Å². The van der Waals surface area contributed by atoms with E-state index in [2.05, 4.69) is 10.6 Å². The number of nitrogens with one attached hydrogen (secondary N) is 2. The van der Waals surface area contributed by atoms with E-state index in [1.54, 1.807) is 55.6 Å². The number of ether oxygens (including phenoxy) is 3. The third kappa shape index (κ3) is 6.20. The van der Waals surface area contributed by atoms with Crippen molar-refractivity contribution in [1.82, 2.24) is 0 Å². The number of nitro benzene ring substituents is 1. The number of carbonyl (C=O) groups is 2. The topological polar surface area (TPSA) is 129 Å². The van der Waals surface area contributed by atoms with Crippen LogP contribution in [0.1, 0.15) is 10.4 Å². The van der Waals surface area contributed by atoms with E-state index >= 15 is 0 Å². The Morgan fingerprint density at radius 1 is 0.848 bits per heavy atom. The molecule has 10 nitrogen and oxygen atoms in total. The van der Waals surface area contributed by atoms with E-state index < -0.39 is 10.8 Å². The Bertz CT molecular complexity index is 1150. The molecule has 0 saturated heterocycles.